The highest BCUT2D eigenvalue weighted by Gasteiger charge is 2.39. The van der Waals surface area contributed by atoms with Gasteiger partial charge < -0.3 is 4.90 Å². The minimum atomic E-state index is -4.55. The number of aromatic nitrogens is 2. The monoisotopic (exact) mass is 476 g/mol. The third-order valence-corrected chi connectivity index (χ3v) is 9.01. The van der Waals surface area contributed by atoms with Crippen LogP contribution in [0.3, 0.4) is 0 Å². The molecule has 0 N–H and O–H groups in total. The molecule has 2 aromatic rings. The van der Waals surface area contributed by atoms with Gasteiger partial charge in [-0.15, -0.1) is 11.3 Å². The van der Waals surface area contributed by atoms with E-state index in [1.165, 1.54) is 13.9 Å². The molecule has 0 bridgehead atoms. The Balaban J connectivity index is 1.46. The smallest absolute Gasteiger partial charge is 0.338 e. The van der Waals surface area contributed by atoms with Gasteiger partial charge in [-0.2, -0.15) is 22.6 Å². The number of hydrogen-bond donors (Lipinski definition) is 0. The topological polar surface area (TPSA) is 75.5 Å². The minimum absolute atomic E-state index is 0.150. The summed E-state index contributed by atoms with van der Waals surface area (Å²) in [6, 6.07) is 3.21. The average Bonchev–Trinajstić information content (AvgIpc) is 3.31. The normalized spacial score (nSPS) is 18.6. The molecule has 12 heteroatoms. The zero-order chi connectivity index (χ0) is 22.2. The lowest BCUT2D eigenvalue weighted by atomic mass is 10.1. The van der Waals surface area contributed by atoms with Gasteiger partial charge in [0.2, 0.25) is 5.91 Å². The predicted octanol–water partition coefficient (Wildman–Crippen LogP) is 2.77. The molecule has 1 amide bonds. The van der Waals surface area contributed by atoms with Crippen LogP contribution in [-0.2, 0) is 40.4 Å². The fourth-order valence-corrected chi connectivity index (χ4v) is 6.72. The van der Waals surface area contributed by atoms with Gasteiger partial charge in [0.05, 0.1) is 0 Å². The van der Waals surface area contributed by atoms with E-state index in [1.807, 2.05) is 0 Å². The third kappa shape index (κ3) is 4.51. The van der Waals surface area contributed by atoms with E-state index in [0.717, 1.165) is 24.2 Å². The standard InChI is InChI=1S/C19H23F3N4O3S2/c20-19(21,22)18-14-5-2-1-3-6-15(14)26(23-18)13-16(27)24-8-10-25(11-9-24)31(28,29)17-7-4-12-30-17/h4,7,12H,1-3,5-6,8-11,13H2. The van der Waals surface area contributed by atoms with Gasteiger partial charge in [-0.3, -0.25) is 9.48 Å². The van der Waals surface area contributed by atoms with Crippen LogP contribution in [0.5, 0.6) is 0 Å². The molecule has 2 aromatic heterocycles. The van der Waals surface area contributed by atoms with Gasteiger partial charge in [0.1, 0.15) is 10.8 Å². The van der Waals surface area contributed by atoms with Crippen molar-refractivity contribution in [2.45, 2.75) is 49.0 Å². The van der Waals surface area contributed by atoms with Gasteiger partial charge in [0.25, 0.3) is 10.0 Å². The van der Waals surface area contributed by atoms with Crippen LogP contribution in [0.25, 0.3) is 0 Å². The highest BCUT2D eigenvalue weighted by atomic mass is 32.2. The third-order valence-electron chi connectivity index (χ3n) is 5.74. The van der Waals surface area contributed by atoms with Crippen LogP contribution in [0.1, 0.15) is 36.2 Å². The van der Waals surface area contributed by atoms with Gasteiger partial charge in [0, 0.05) is 37.4 Å². The van der Waals surface area contributed by atoms with Crippen LogP contribution in [0, 0.1) is 0 Å². The first-order valence-corrected chi connectivity index (χ1v) is 12.5. The Bertz CT molecular complexity index is 1040. The molecule has 1 aliphatic heterocycles. The highest BCUT2D eigenvalue weighted by Crippen LogP contribution is 2.35. The zero-order valence-corrected chi connectivity index (χ0v) is 18.4. The van der Waals surface area contributed by atoms with E-state index in [2.05, 4.69) is 5.10 Å². The Morgan fingerprint density at radius 1 is 1.10 bits per heavy atom. The summed E-state index contributed by atoms with van der Waals surface area (Å²) in [5.41, 5.74) is -0.175. The second-order valence-electron chi connectivity index (χ2n) is 7.71. The number of thiophene rings is 1. The average molecular weight is 477 g/mol. The lowest BCUT2D eigenvalue weighted by Gasteiger charge is -2.33. The van der Waals surface area contributed by atoms with E-state index in [0.29, 0.717) is 25.0 Å². The summed E-state index contributed by atoms with van der Waals surface area (Å²) in [5, 5.41) is 5.46. The molecule has 0 atom stereocenters. The molecular formula is C19H23F3N4O3S2. The Morgan fingerprint density at radius 3 is 2.45 bits per heavy atom. The van der Waals surface area contributed by atoms with Crippen molar-refractivity contribution >= 4 is 27.3 Å². The second-order valence-corrected chi connectivity index (χ2v) is 10.8. The van der Waals surface area contributed by atoms with Crippen molar-refractivity contribution < 1.29 is 26.4 Å². The molecular weight excluding hydrogens is 453 g/mol. The fourth-order valence-electron chi connectivity index (χ4n) is 4.15. The molecule has 0 unspecified atom stereocenters. The first-order chi connectivity index (χ1) is 14.7. The van der Waals surface area contributed by atoms with Gasteiger partial charge >= 0.3 is 6.18 Å². The molecule has 0 spiro atoms. The summed E-state index contributed by atoms with van der Waals surface area (Å²) in [4.78, 5) is 14.3. The van der Waals surface area contributed by atoms with Crippen molar-refractivity contribution in [3.05, 3.63) is 34.5 Å². The molecule has 0 saturated carbocycles. The van der Waals surface area contributed by atoms with Gasteiger partial charge in [-0.1, -0.05) is 12.5 Å². The van der Waals surface area contributed by atoms with E-state index >= 15 is 0 Å². The lowest BCUT2D eigenvalue weighted by Crippen LogP contribution is -2.51. The Kier molecular flexibility index (Phi) is 6.14. The summed E-state index contributed by atoms with van der Waals surface area (Å²) < 4.78 is 68.4. The van der Waals surface area contributed by atoms with Crippen molar-refractivity contribution in [1.82, 2.24) is 19.0 Å². The summed E-state index contributed by atoms with van der Waals surface area (Å²) in [5.74, 6) is -0.351. The number of amides is 1. The van der Waals surface area contributed by atoms with E-state index < -0.39 is 21.9 Å². The summed E-state index contributed by atoms with van der Waals surface area (Å²) in [6.45, 7) is 0.419. The van der Waals surface area contributed by atoms with Crippen LogP contribution >= 0.6 is 11.3 Å². The molecule has 0 radical (unpaired) electrons. The van der Waals surface area contributed by atoms with E-state index in [9.17, 15) is 26.4 Å². The molecule has 0 aromatic carbocycles. The fraction of sp³-hybridized carbons (Fsp3) is 0.579. The molecule has 31 heavy (non-hydrogen) atoms. The number of alkyl halides is 3. The molecule has 3 heterocycles. The van der Waals surface area contributed by atoms with Gasteiger partial charge in [-0.25, -0.2) is 8.42 Å². The molecule has 1 aliphatic carbocycles. The number of piperazine rings is 1. The van der Waals surface area contributed by atoms with Crippen molar-refractivity contribution in [2.24, 2.45) is 0 Å². The number of sulfonamides is 1. The zero-order valence-electron chi connectivity index (χ0n) is 16.8. The number of halogens is 3. The van der Waals surface area contributed by atoms with E-state index in [1.54, 1.807) is 17.5 Å². The van der Waals surface area contributed by atoms with Gasteiger partial charge in [0.15, 0.2) is 5.69 Å². The van der Waals surface area contributed by atoms with Crippen LogP contribution < -0.4 is 0 Å². The number of carbonyl (C=O) groups is 1. The molecule has 7 nitrogen and oxygen atoms in total. The Morgan fingerprint density at radius 2 is 1.81 bits per heavy atom. The predicted molar refractivity (Wildman–Crippen MR) is 108 cm³/mol. The second kappa shape index (κ2) is 8.55. The van der Waals surface area contributed by atoms with Crippen LogP contribution in [-0.4, -0.2) is 59.5 Å². The van der Waals surface area contributed by atoms with Crippen molar-refractivity contribution in [1.29, 1.82) is 0 Å². The van der Waals surface area contributed by atoms with E-state index in [-0.39, 0.29) is 48.4 Å². The molecule has 1 fully saturated rings. The number of hydrogen-bond acceptors (Lipinski definition) is 5. The molecule has 2 aliphatic rings. The summed E-state index contributed by atoms with van der Waals surface area (Å²) in [7, 11) is -3.58. The van der Waals surface area contributed by atoms with Crippen LogP contribution in [0.4, 0.5) is 13.2 Å². The number of rotatable bonds is 4. The summed E-state index contributed by atoms with van der Waals surface area (Å²) in [6.07, 6.45) is -1.47. The minimum Gasteiger partial charge on any atom is -0.338 e. The van der Waals surface area contributed by atoms with Crippen LogP contribution in [0.2, 0.25) is 0 Å². The van der Waals surface area contributed by atoms with Gasteiger partial charge in [-0.05, 0) is 37.1 Å². The molecule has 4 rings (SSSR count). The number of fused-ring (bicyclic) bond motifs is 1. The van der Waals surface area contributed by atoms with Crippen molar-refractivity contribution in [3.63, 3.8) is 0 Å². The maximum absolute atomic E-state index is 13.5. The largest absolute Gasteiger partial charge is 0.435 e. The molecule has 1 saturated heterocycles. The SMILES string of the molecule is O=C(Cn1nc(C(F)(F)F)c2c1CCCCC2)N1CCN(S(=O)(=O)c2cccs2)CC1. The van der Waals surface area contributed by atoms with Crippen molar-refractivity contribution in [3.8, 4) is 0 Å². The number of nitrogens with zero attached hydrogens (tertiary/aromatic N) is 4. The van der Waals surface area contributed by atoms with E-state index in [4.69, 9.17) is 0 Å². The first-order valence-electron chi connectivity index (χ1n) is 10.1. The maximum Gasteiger partial charge on any atom is 0.435 e. The number of carbonyl (C=O) groups excluding carboxylic acids is 1. The Labute approximate surface area is 182 Å². The maximum atomic E-state index is 13.5. The quantitative estimate of drug-likeness (QED) is 0.636. The highest BCUT2D eigenvalue weighted by molar-refractivity contribution is 7.91. The molecule has 170 valence electrons. The van der Waals surface area contributed by atoms with Crippen molar-refractivity contribution in [2.75, 3.05) is 26.2 Å². The lowest BCUT2D eigenvalue weighted by molar-refractivity contribution is -0.142. The first kappa shape index (κ1) is 22.3. The Hall–Kier alpha value is -1.92. The van der Waals surface area contributed by atoms with Crippen LogP contribution in [0.15, 0.2) is 21.7 Å². The summed E-state index contributed by atoms with van der Waals surface area (Å²) >= 11 is 1.14.